The van der Waals surface area contributed by atoms with Gasteiger partial charge in [-0.05, 0) is 46.2 Å². The molecule has 0 radical (unpaired) electrons. The Morgan fingerprint density at radius 1 is 1.03 bits per heavy atom. The van der Waals surface area contributed by atoms with Crippen LogP contribution in [0, 0.1) is 0 Å². The van der Waals surface area contributed by atoms with Crippen molar-refractivity contribution in [2.24, 2.45) is 0 Å². The minimum atomic E-state index is 0.634. The number of nitrogens with zero attached hydrogens (tertiary/aromatic N) is 1. The van der Waals surface area contributed by atoms with Crippen LogP contribution in [0.5, 0.6) is 23.0 Å². The SMILES string of the molecule is COc1cc(-c2cccc(OC)c2OC)cc2c1OCCN(Cc1ccsc1)C2. The fourth-order valence-electron chi connectivity index (χ4n) is 3.74. The van der Waals surface area contributed by atoms with E-state index < -0.39 is 0 Å². The molecule has 0 aliphatic carbocycles. The third-order valence-electron chi connectivity index (χ3n) is 5.10. The van der Waals surface area contributed by atoms with Gasteiger partial charge in [0.2, 0.25) is 0 Å². The molecule has 1 aromatic heterocycles. The molecule has 0 unspecified atom stereocenters. The van der Waals surface area contributed by atoms with Crippen molar-refractivity contribution in [1.82, 2.24) is 4.90 Å². The van der Waals surface area contributed by atoms with Crippen molar-refractivity contribution in [3.05, 3.63) is 58.3 Å². The average Bonchev–Trinajstić information content (AvgIpc) is 3.17. The monoisotopic (exact) mass is 411 g/mol. The summed E-state index contributed by atoms with van der Waals surface area (Å²) >= 11 is 1.73. The fraction of sp³-hybridized carbons (Fsp3) is 0.304. The third kappa shape index (κ3) is 4.04. The van der Waals surface area contributed by atoms with E-state index >= 15 is 0 Å². The van der Waals surface area contributed by atoms with Gasteiger partial charge < -0.3 is 18.9 Å². The number of para-hydroxylation sites is 1. The molecule has 6 heteroatoms. The van der Waals surface area contributed by atoms with Crippen LogP contribution < -0.4 is 18.9 Å². The minimum absolute atomic E-state index is 0.634. The molecule has 0 saturated carbocycles. The van der Waals surface area contributed by atoms with Crippen LogP contribution in [0.2, 0.25) is 0 Å². The molecule has 0 saturated heterocycles. The van der Waals surface area contributed by atoms with Gasteiger partial charge in [0.1, 0.15) is 6.61 Å². The molecule has 152 valence electrons. The molecule has 4 rings (SSSR count). The molecule has 2 heterocycles. The summed E-state index contributed by atoms with van der Waals surface area (Å²) in [7, 11) is 4.99. The van der Waals surface area contributed by atoms with Crippen LogP contribution in [-0.2, 0) is 13.1 Å². The zero-order chi connectivity index (χ0) is 20.2. The van der Waals surface area contributed by atoms with E-state index in [-0.39, 0.29) is 0 Å². The molecule has 1 aliphatic heterocycles. The predicted octanol–water partition coefficient (Wildman–Crippen LogP) is 4.84. The first-order chi connectivity index (χ1) is 14.2. The second-order valence-corrected chi connectivity index (χ2v) is 7.68. The fourth-order valence-corrected chi connectivity index (χ4v) is 4.40. The van der Waals surface area contributed by atoms with Crippen LogP contribution in [0.3, 0.4) is 0 Å². The third-order valence-corrected chi connectivity index (χ3v) is 5.83. The molecular formula is C23H25NO4S. The van der Waals surface area contributed by atoms with Crippen LogP contribution in [0.15, 0.2) is 47.2 Å². The standard InChI is InChI=1S/C23H25NO4S/c1-25-20-6-4-5-19(23(20)27-3)17-11-18-14-24(13-16-7-10-29-15-16)8-9-28-22(18)21(12-17)26-2/h4-7,10-12,15H,8-9,13-14H2,1-3H3. The second-order valence-electron chi connectivity index (χ2n) is 6.90. The maximum atomic E-state index is 6.09. The van der Waals surface area contributed by atoms with Gasteiger partial charge in [-0.2, -0.15) is 11.3 Å². The van der Waals surface area contributed by atoms with Gasteiger partial charge >= 0.3 is 0 Å². The number of hydrogen-bond acceptors (Lipinski definition) is 6. The number of methoxy groups -OCH3 is 3. The summed E-state index contributed by atoms with van der Waals surface area (Å²) in [5.74, 6) is 2.97. The molecule has 2 aromatic carbocycles. The number of thiophene rings is 1. The molecule has 5 nitrogen and oxygen atoms in total. The Bertz CT molecular complexity index is 971. The van der Waals surface area contributed by atoms with E-state index in [9.17, 15) is 0 Å². The molecule has 0 spiro atoms. The van der Waals surface area contributed by atoms with E-state index in [2.05, 4.69) is 27.8 Å². The summed E-state index contributed by atoms with van der Waals surface area (Å²) in [5, 5.41) is 4.32. The Hall–Kier alpha value is -2.70. The summed E-state index contributed by atoms with van der Waals surface area (Å²) in [4.78, 5) is 2.40. The highest BCUT2D eigenvalue weighted by molar-refractivity contribution is 7.07. The number of hydrogen-bond donors (Lipinski definition) is 0. The molecule has 0 atom stereocenters. The number of rotatable bonds is 6. The Kier molecular flexibility index (Phi) is 5.92. The lowest BCUT2D eigenvalue weighted by Crippen LogP contribution is -2.24. The van der Waals surface area contributed by atoms with Gasteiger partial charge in [-0.25, -0.2) is 0 Å². The summed E-state index contributed by atoms with van der Waals surface area (Å²) in [5.41, 5.74) is 4.41. The van der Waals surface area contributed by atoms with Gasteiger partial charge in [-0.1, -0.05) is 12.1 Å². The lowest BCUT2D eigenvalue weighted by molar-refractivity contribution is 0.217. The normalized spacial score (nSPS) is 13.9. The highest BCUT2D eigenvalue weighted by Crippen LogP contribution is 2.43. The smallest absolute Gasteiger partial charge is 0.168 e. The van der Waals surface area contributed by atoms with Crippen molar-refractivity contribution in [3.8, 4) is 34.1 Å². The van der Waals surface area contributed by atoms with Crippen LogP contribution in [-0.4, -0.2) is 39.4 Å². The zero-order valence-electron chi connectivity index (χ0n) is 16.9. The molecule has 3 aromatic rings. The highest BCUT2D eigenvalue weighted by Gasteiger charge is 2.22. The van der Waals surface area contributed by atoms with Crippen LogP contribution in [0.4, 0.5) is 0 Å². The summed E-state index contributed by atoms with van der Waals surface area (Å²) in [6, 6.07) is 12.2. The van der Waals surface area contributed by atoms with Crippen molar-refractivity contribution in [2.75, 3.05) is 34.5 Å². The van der Waals surface area contributed by atoms with Crippen molar-refractivity contribution in [3.63, 3.8) is 0 Å². The van der Waals surface area contributed by atoms with E-state index in [4.69, 9.17) is 18.9 Å². The Balaban J connectivity index is 1.74. The van der Waals surface area contributed by atoms with Crippen molar-refractivity contribution < 1.29 is 18.9 Å². The summed E-state index contributed by atoms with van der Waals surface area (Å²) in [6.07, 6.45) is 0. The van der Waals surface area contributed by atoms with Crippen molar-refractivity contribution in [2.45, 2.75) is 13.1 Å². The maximum absolute atomic E-state index is 6.09. The Morgan fingerprint density at radius 3 is 2.62 bits per heavy atom. The largest absolute Gasteiger partial charge is 0.493 e. The van der Waals surface area contributed by atoms with Crippen LogP contribution in [0.25, 0.3) is 11.1 Å². The Morgan fingerprint density at radius 2 is 1.90 bits per heavy atom. The lowest BCUT2D eigenvalue weighted by atomic mass is 10.00. The average molecular weight is 412 g/mol. The van der Waals surface area contributed by atoms with Gasteiger partial charge in [0.05, 0.1) is 21.3 Å². The minimum Gasteiger partial charge on any atom is -0.493 e. The van der Waals surface area contributed by atoms with Gasteiger partial charge in [0.25, 0.3) is 0 Å². The van der Waals surface area contributed by atoms with Gasteiger partial charge in [-0.15, -0.1) is 0 Å². The van der Waals surface area contributed by atoms with Gasteiger partial charge in [0, 0.05) is 30.8 Å². The van der Waals surface area contributed by atoms with Gasteiger partial charge in [0.15, 0.2) is 23.0 Å². The molecule has 0 fully saturated rings. The summed E-state index contributed by atoms with van der Waals surface area (Å²) in [6.45, 7) is 3.20. The summed E-state index contributed by atoms with van der Waals surface area (Å²) < 4.78 is 22.9. The van der Waals surface area contributed by atoms with Crippen LogP contribution in [0.1, 0.15) is 11.1 Å². The first-order valence-corrected chi connectivity index (χ1v) is 10.5. The molecule has 0 bridgehead atoms. The molecule has 0 N–H and O–H groups in total. The quantitative estimate of drug-likeness (QED) is 0.581. The zero-order valence-corrected chi connectivity index (χ0v) is 17.8. The molecule has 29 heavy (non-hydrogen) atoms. The van der Waals surface area contributed by atoms with E-state index in [0.717, 1.165) is 47.8 Å². The molecular weight excluding hydrogens is 386 g/mol. The van der Waals surface area contributed by atoms with Gasteiger partial charge in [-0.3, -0.25) is 4.90 Å². The van der Waals surface area contributed by atoms with E-state index in [1.54, 1.807) is 32.7 Å². The Labute approximate surface area is 175 Å². The van der Waals surface area contributed by atoms with Crippen molar-refractivity contribution >= 4 is 11.3 Å². The predicted molar refractivity (Wildman–Crippen MR) is 115 cm³/mol. The molecule has 1 aliphatic rings. The molecule has 0 amide bonds. The first kappa shape index (κ1) is 19.6. The topological polar surface area (TPSA) is 40.2 Å². The first-order valence-electron chi connectivity index (χ1n) is 9.52. The number of fused-ring (bicyclic) bond motifs is 1. The lowest BCUT2D eigenvalue weighted by Gasteiger charge is -2.20. The number of ether oxygens (including phenoxy) is 4. The second kappa shape index (κ2) is 8.76. The van der Waals surface area contributed by atoms with E-state index in [0.29, 0.717) is 18.1 Å². The van der Waals surface area contributed by atoms with Crippen LogP contribution >= 0.6 is 11.3 Å². The maximum Gasteiger partial charge on any atom is 0.168 e. The highest BCUT2D eigenvalue weighted by atomic mass is 32.1. The van der Waals surface area contributed by atoms with E-state index in [1.165, 1.54) is 5.56 Å². The van der Waals surface area contributed by atoms with E-state index in [1.807, 2.05) is 24.3 Å². The number of benzene rings is 2. The van der Waals surface area contributed by atoms with Crippen molar-refractivity contribution in [1.29, 1.82) is 0 Å².